The molecule has 1 amide bonds. The Kier molecular flexibility index (Phi) is 6.68. The number of aromatic nitrogens is 2. The van der Waals surface area contributed by atoms with Crippen LogP contribution in [-0.4, -0.2) is 33.8 Å². The summed E-state index contributed by atoms with van der Waals surface area (Å²) in [6, 6.07) is 15.3. The molecule has 7 nitrogen and oxygen atoms in total. The van der Waals surface area contributed by atoms with E-state index < -0.39 is 11.2 Å². The summed E-state index contributed by atoms with van der Waals surface area (Å²) in [5.74, 6) is -0.736. The van der Waals surface area contributed by atoms with Gasteiger partial charge in [-0.1, -0.05) is 48.2 Å². The molecule has 0 saturated carbocycles. The second-order valence-corrected chi connectivity index (χ2v) is 10.8. The first-order valence-corrected chi connectivity index (χ1v) is 13.4. The molecule has 184 valence electrons. The summed E-state index contributed by atoms with van der Waals surface area (Å²) in [6.07, 6.45) is 1.53. The number of nitrogens with one attached hydrogen (secondary N) is 1. The number of para-hydroxylation sites is 1. The third kappa shape index (κ3) is 4.22. The molecule has 1 aliphatic rings. The molecule has 0 fully saturated rings. The van der Waals surface area contributed by atoms with Gasteiger partial charge in [-0.25, -0.2) is 9.78 Å². The maximum absolute atomic E-state index is 13.3. The Hall–Kier alpha value is -3.43. The van der Waals surface area contributed by atoms with Crippen LogP contribution in [0.25, 0.3) is 21.3 Å². The Morgan fingerprint density at radius 3 is 2.69 bits per heavy atom. The fourth-order valence-corrected chi connectivity index (χ4v) is 6.76. The summed E-state index contributed by atoms with van der Waals surface area (Å²) in [5, 5.41) is 3.92. The van der Waals surface area contributed by atoms with E-state index in [1.165, 1.54) is 35.8 Å². The van der Waals surface area contributed by atoms with Crippen LogP contribution in [0, 0.1) is 0 Å². The van der Waals surface area contributed by atoms with Crippen molar-refractivity contribution in [3.8, 4) is 10.4 Å². The van der Waals surface area contributed by atoms with E-state index in [0.29, 0.717) is 39.6 Å². The number of fused-ring (bicyclic) bond motifs is 4. The molecular formula is C27H25N3O4S2. The molecule has 4 aromatic rings. The third-order valence-electron chi connectivity index (χ3n) is 6.33. The number of carbonyl (C=O) groups excluding carboxylic acids is 2. The normalized spacial score (nSPS) is 13.1. The molecule has 1 atom stereocenters. The number of benzene rings is 2. The first-order valence-electron chi connectivity index (χ1n) is 11.7. The summed E-state index contributed by atoms with van der Waals surface area (Å²) < 4.78 is 6.66. The maximum atomic E-state index is 13.3. The van der Waals surface area contributed by atoms with Crippen molar-refractivity contribution in [3.05, 3.63) is 75.6 Å². The zero-order chi connectivity index (χ0) is 25.4. The molecular weight excluding hydrogens is 494 g/mol. The van der Waals surface area contributed by atoms with Gasteiger partial charge < -0.3 is 10.1 Å². The number of esters is 1. The number of hydrogen-bond acceptors (Lipinski definition) is 7. The van der Waals surface area contributed by atoms with Gasteiger partial charge in [-0.3, -0.25) is 14.2 Å². The van der Waals surface area contributed by atoms with Crippen LogP contribution < -0.4 is 10.9 Å². The molecule has 0 radical (unpaired) electrons. The van der Waals surface area contributed by atoms with Crippen LogP contribution in [0.2, 0.25) is 0 Å². The number of thiophene rings is 1. The predicted octanol–water partition coefficient (Wildman–Crippen LogP) is 5.15. The Bertz CT molecular complexity index is 1560. The predicted molar refractivity (Wildman–Crippen MR) is 144 cm³/mol. The lowest BCUT2D eigenvalue weighted by Crippen LogP contribution is -2.27. The van der Waals surface area contributed by atoms with Crippen molar-refractivity contribution in [3.63, 3.8) is 0 Å². The summed E-state index contributed by atoms with van der Waals surface area (Å²) in [6.45, 7) is 4.09. The SMILES string of the molecule is CCn1c(SC(C)C(=O)Nc2sc3c(c2C(=O)OC)CCc2ccccc2-3)nc2ccccc2c1=O. The van der Waals surface area contributed by atoms with Gasteiger partial charge in [0.05, 0.1) is 28.8 Å². The molecule has 1 aliphatic carbocycles. The highest BCUT2D eigenvalue weighted by Crippen LogP contribution is 2.45. The van der Waals surface area contributed by atoms with E-state index in [1.54, 1.807) is 23.6 Å². The summed E-state index contributed by atoms with van der Waals surface area (Å²) in [4.78, 5) is 44.6. The highest BCUT2D eigenvalue weighted by molar-refractivity contribution is 8.00. The lowest BCUT2D eigenvalue weighted by Gasteiger charge is -2.16. The van der Waals surface area contributed by atoms with Gasteiger partial charge in [0.1, 0.15) is 5.00 Å². The average molecular weight is 520 g/mol. The van der Waals surface area contributed by atoms with Crippen LogP contribution in [0.3, 0.4) is 0 Å². The number of ether oxygens (including phenoxy) is 1. The standard InChI is InChI=1S/C27H25N3O4S2/c1-4-30-25(32)18-11-7-8-12-20(18)28-27(30)35-15(2)23(31)29-24-21(26(33)34-3)19-14-13-16-9-5-6-10-17(16)22(19)36-24/h5-12,15H,4,13-14H2,1-3H3,(H,29,31). The van der Waals surface area contributed by atoms with E-state index in [1.807, 2.05) is 37.3 Å². The van der Waals surface area contributed by atoms with Crippen LogP contribution in [-0.2, 0) is 28.9 Å². The molecule has 1 unspecified atom stereocenters. The lowest BCUT2D eigenvalue weighted by molar-refractivity contribution is -0.115. The number of amides is 1. The van der Waals surface area contributed by atoms with Gasteiger partial charge in [-0.05, 0) is 55.5 Å². The van der Waals surface area contributed by atoms with Crippen LogP contribution in [0.15, 0.2) is 58.5 Å². The second kappa shape index (κ2) is 9.91. The highest BCUT2D eigenvalue weighted by atomic mass is 32.2. The minimum atomic E-state index is -0.562. The van der Waals surface area contributed by atoms with Gasteiger partial charge in [0.2, 0.25) is 5.91 Å². The van der Waals surface area contributed by atoms with E-state index in [-0.39, 0.29) is 11.5 Å². The number of hydrogen-bond donors (Lipinski definition) is 1. The van der Waals surface area contributed by atoms with Gasteiger partial charge in [0.25, 0.3) is 5.56 Å². The first-order chi connectivity index (χ1) is 17.4. The number of nitrogens with zero attached hydrogens (tertiary/aromatic N) is 2. The highest BCUT2D eigenvalue weighted by Gasteiger charge is 2.30. The fraction of sp³-hybridized carbons (Fsp3) is 0.259. The monoisotopic (exact) mass is 519 g/mol. The Morgan fingerprint density at radius 1 is 1.17 bits per heavy atom. The first kappa shape index (κ1) is 24.3. The Balaban J connectivity index is 1.46. The molecule has 2 aromatic carbocycles. The van der Waals surface area contributed by atoms with Crippen LogP contribution in [0.5, 0.6) is 0 Å². The van der Waals surface area contributed by atoms with Crippen molar-refractivity contribution in [2.24, 2.45) is 0 Å². The molecule has 0 bridgehead atoms. The molecule has 36 heavy (non-hydrogen) atoms. The minimum absolute atomic E-state index is 0.129. The Morgan fingerprint density at radius 2 is 1.92 bits per heavy atom. The summed E-state index contributed by atoms with van der Waals surface area (Å²) in [5.41, 5.74) is 4.12. The Labute approximate surface area is 216 Å². The number of carbonyl (C=O) groups is 2. The van der Waals surface area contributed by atoms with Crippen LogP contribution in [0.1, 0.15) is 35.3 Å². The van der Waals surface area contributed by atoms with Gasteiger partial charge in [-0.15, -0.1) is 11.3 Å². The lowest BCUT2D eigenvalue weighted by atomic mass is 9.89. The van der Waals surface area contributed by atoms with Crippen LogP contribution >= 0.6 is 23.1 Å². The zero-order valence-corrected chi connectivity index (χ0v) is 21.8. The van der Waals surface area contributed by atoms with Crippen molar-refractivity contribution in [2.75, 3.05) is 12.4 Å². The molecule has 0 aliphatic heterocycles. The van der Waals surface area contributed by atoms with Crippen molar-refractivity contribution >= 4 is 50.9 Å². The van der Waals surface area contributed by atoms with Crippen molar-refractivity contribution < 1.29 is 14.3 Å². The fourth-order valence-electron chi connectivity index (χ4n) is 4.49. The molecule has 1 N–H and O–H groups in total. The number of anilines is 1. The van der Waals surface area contributed by atoms with Gasteiger partial charge >= 0.3 is 5.97 Å². The third-order valence-corrected chi connectivity index (χ3v) is 8.60. The molecule has 0 saturated heterocycles. The van der Waals surface area contributed by atoms with E-state index in [9.17, 15) is 14.4 Å². The average Bonchev–Trinajstić information content (AvgIpc) is 3.26. The molecule has 9 heteroatoms. The second-order valence-electron chi connectivity index (χ2n) is 8.47. The largest absolute Gasteiger partial charge is 0.465 e. The van der Waals surface area contributed by atoms with E-state index in [2.05, 4.69) is 16.4 Å². The summed E-state index contributed by atoms with van der Waals surface area (Å²) >= 11 is 2.62. The van der Waals surface area contributed by atoms with E-state index >= 15 is 0 Å². The minimum Gasteiger partial charge on any atom is -0.465 e. The van der Waals surface area contributed by atoms with E-state index in [4.69, 9.17) is 4.74 Å². The number of rotatable bonds is 6. The van der Waals surface area contributed by atoms with Crippen molar-refractivity contribution in [1.29, 1.82) is 0 Å². The molecule has 2 heterocycles. The van der Waals surface area contributed by atoms with E-state index in [0.717, 1.165) is 22.4 Å². The number of aryl methyl sites for hydroxylation is 1. The topological polar surface area (TPSA) is 90.3 Å². The molecule has 0 spiro atoms. The smallest absolute Gasteiger partial charge is 0.341 e. The van der Waals surface area contributed by atoms with Gasteiger partial charge in [0, 0.05) is 11.4 Å². The van der Waals surface area contributed by atoms with Gasteiger partial charge in [0.15, 0.2) is 5.16 Å². The number of thioether (sulfide) groups is 1. The quantitative estimate of drug-likeness (QED) is 0.215. The van der Waals surface area contributed by atoms with Crippen molar-refractivity contribution in [2.45, 2.75) is 43.6 Å². The van der Waals surface area contributed by atoms with Crippen molar-refractivity contribution in [1.82, 2.24) is 9.55 Å². The van der Waals surface area contributed by atoms with Crippen LogP contribution in [0.4, 0.5) is 5.00 Å². The van der Waals surface area contributed by atoms with Gasteiger partial charge in [-0.2, -0.15) is 0 Å². The summed E-state index contributed by atoms with van der Waals surface area (Å²) in [7, 11) is 1.35. The molecule has 2 aromatic heterocycles. The number of methoxy groups -OCH3 is 1. The zero-order valence-electron chi connectivity index (χ0n) is 20.2. The maximum Gasteiger partial charge on any atom is 0.341 e. The molecule has 5 rings (SSSR count).